The Morgan fingerprint density at radius 3 is 2.58 bits per heavy atom. The number of rotatable bonds is 2. The van der Waals surface area contributed by atoms with Crippen LogP contribution in [0.5, 0.6) is 0 Å². The molecule has 2 aromatic rings. The van der Waals surface area contributed by atoms with Gasteiger partial charge in [-0.05, 0) is 43.3 Å². The second kappa shape index (κ2) is 6.03. The number of hydrogen-bond donors (Lipinski definition) is 1. The number of nitrogens with zero attached hydrogens (tertiary/aromatic N) is 1. The zero-order valence-corrected chi connectivity index (χ0v) is 15.0. The molecule has 134 valence electrons. The summed E-state index contributed by atoms with van der Waals surface area (Å²) in [7, 11) is -2.12. The van der Waals surface area contributed by atoms with Crippen molar-refractivity contribution in [2.24, 2.45) is 0 Å². The fourth-order valence-electron chi connectivity index (χ4n) is 3.56. The SMILES string of the molecule is CN(C(=O)c1ccc2c(c1)S(=O)(=O)c1ccccc1C2=O)C1CCNC1. The maximum absolute atomic E-state index is 13.0. The van der Waals surface area contributed by atoms with Gasteiger partial charge in [-0.2, -0.15) is 0 Å². The summed E-state index contributed by atoms with van der Waals surface area (Å²) < 4.78 is 25.9. The molecule has 0 radical (unpaired) electrons. The van der Waals surface area contributed by atoms with Gasteiger partial charge in [0.05, 0.1) is 9.79 Å². The van der Waals surface area contributed by atoms with Crippen molar-refractivity contribution < 1.29 is 18.0 Å². The molecule has 1 amide bonds. The van der Waals surface area contributed by atoms with Crippen molar-refractivity contribution in [2.75, 3.05) is 20.1 Å². The zero-order chi connectivity index (χ0) is 18.5. The second-order valence-electron chi connectivity index (χ2n) is 6.60. The van der Waals surface area contributed by atoms with E-state index in [0.717, 1.165) is 19.5 Å². The number of benzene rings is 2. The quantitative estimate of drug-likeness (QED) is 0.739. The van der Waals surface area contributed by atoms with Crippen LogP contribution >= 0.6 is 0 Å². The first-order chi connectivity index (χ1) is 12.4. The third-order valence-electron chi connectivity index (χ3n) is 5.09. The zero-order valence-electron chi connectivity index (χ0n) is 14.2. The van der Waals surface area contributed by atoms with Gasteiger partial charge in [-0.15, -0.1) is 0 Å². The summed E-state index contributed by atoms with van der Waals surface area (Å²) in [5, 5.41) is 3.20. The van der Waals surface area contributed by atoms with Crippen molar-refractivity contribution in [1.82, 2.24) is 10.2 Å². The Labute approximate surface area is 151 Å². The van der Waals surface area contributed by atoms with Crippen molar-refractivity contribution >= 4 is 21.5 Å². The van der Waals surface area contributed by atoms with E-state index in [0.29, 0.717) is 0 Å². The average molecular weight is 370 g/mol. The first kappa shape index (κ1) is 16.9. The maximum Gasteiger partial charge on any atom is 0.253 e. The van der Waals surface area contributed by atoms with Crippen LogP contribution in [-0.4, -0.2) is 51.2 Å². The van der Waals surface area contributed by atoms with Crippen LogP contribution in [0.3, 0.4) is 0 Å². The molecule has 2 aromatic carbocycles. The number of sulfone groups is 1. The summed E-state index contributed by atoms with van der Waals surface area (Å²) >= 11 is 0. The van der Waals surface area contributed by atoms with E-state index in [1.807, 2.05) is 0 Å². The molecule has 1 fully saturated rings. The van der Waals surface area contributed by atoms with Gasteiger partial charge in [0.25, 0.3) is 5.91 Å². The Hall–Kier alpha value is -2.51. The van der Waals surface area contributed by atoms with Crippen LogP contribution in [0.15, 0.2) is 52.3 Å². The van der Waals surface area contributed by atoms with E-state index < -0.39 is 9.84 Å². The lowest BCUT2D eigenvalue weighted by Crippen LogP contribution is -2.38. The molecular weight excluding hydrogens is 352 g/mol. The molecule has 1 atom stereocenters. The molecule has 0 bridgehead atoms. The Morgan fingerprint density at radius 1 is 1.12 bits per heavy atom. The molecule has 0 aromatic heterocycles. The van der Waals surface area contributed by atoms with E-state index in [1.165, 1.54) is 30.3 Å². The summed E-state index contributed by atoms with van der Waals surface area (Å²) in [5.41, 5.74) is 0.563. The van der Waals surface area contributed by atoms with E-state index in [9.17, 15) is 18.0 Å². The predicted molar refractivity (Wildman–Crippen MR) is 95.1 cm³/mol. The topological polar surface area (TPSA) is 83.6 Å². The Kier molecular flexibility index (Phi) is 3.93. The van der Waals surface area contributed by atoms with Crippen LogP contribution in [0.2, 0.25) is 0 Å². The second-order valence-corrected chi connectivity index (χ2v) is 8.49. The molecule has 4 rings (SSSR count). The van der Waals surface area contributed by atoms with Gasteiger partial charge < -0.3 is 10.2 Å². The van der Waals surface area contributed by atoms with Crippen LogP contribution in [0.1, 0.15) is 32.7 Å². The third kappa shape index (κ3) is 2.47. The van der Waals surface area contributed by atoms with Gasteiger partial charge in [-0.3, -0.25) is 9.59 Å². The largest absolute Gasteiger partial charge is 0.337 e. The average Bonchev–Trinajstić information content (AvgIpc) is 3.19. The molecule has 1 N–H and O–H groups in total. The lowest BCUT2D eigenvalue weighted by atomic mass is 10.0. The summed E-state index contributed by atoms with van der Waals surface area (Å²) in [4.78, 5) is 27.0. The fourth-order valence-corrected chi connectivity index (χ4v) is 5.23. The molecule has 0 spiro atoms. The standard InChI is InChI=1S/C19H18N2O4S/c1-21(13-8-9-20-11-13)19(23)12-6-7-15-17(10-12)26(24,25)16-5-3-2-4-14(16)18(15)22/h2-7,10,13,20H,8-9,11H2,1H3. The molecule has 2 heterocycles. The number of fused-ring (bicyclic) bond motifs is 2. The summed E-state index contributed by atoms with van der Waals surface area (Å²) in [6.45, 7) is 1.57. The highest BCUT2D eigenvalue weighted by molar-refractivity contribution is 7.91. The van der Waals surface area contributed by atoms with Crippen molar-refractivity contribution in [3.8, 4) is 0 Å². The van der Waals surface area contributed by atoms with Gasteiger partial charge in [-0.25, -0.2) is 8.42 Å². The predicted octanol–water partition coefficient (Wildman–Crippen LogP) is 1.50. The van der Waals surface area contributed by atoms with Gasteiger partial charge in [0.15, 0.2) is 5.78 Å². The van der Waals surface area contributed by atoms with Crippen LogP contribution in [0.4, 0.5) is 0 Å². The number of carbonyl (C=O) groups is 2. The van der Waals surface area contributed by atoms with E-state index in [4.69, 9.17) is 0 Å². The monoisotopic (exact) mass is 370 g/mol. The first-order valence-corrected chi connectivity index (χ1v) is 9.90. The van der Waals surface area contributed by atoms with Crippen molar-refractivity contribution in [3.05, 3.63) is 59.2 Å². The van der Waals surface area contributed by atoms with E-state index in [-0.39, 0.29) is 44.2 Å². The molecular formula is C19H18N2O4S. The van der Waals surface area contributed by atoms with Gasteiger partial charge in [0.2, 0.25) is 9.84 Å². The van der Waals surface area contributed by atoms with E-state index in [2.05, 4.69) is 5.32 Å². The Morgan fingerprint density at radius 2 is 1.85 bits per heavy atom. The summed E-state index contributed by atoms with van der Waals surface area (Å²) in [5.74, 6) is -0.583. The smallest absolute Gasteiger partial charge is 0.253 e. The van der Waals surface area contributed by atoms with E-state index >= 15 is 0 Å². The molecule has 1 saturated heterocycles. The molecule has 0 saturated carbocycles. The van der Waals surface area contributed by atoms with E-state index in [1.54, 1.807) is 24.1 Å². The first-order valence-electron chi connectivity index (χ1n) is 8.42. The summed E-state index contributed by atoms with van der Waals surface area (Å²) in [6, 6.07) is 10.6. The van der Waals surface area contributed by atoms with Crippen molar-refractivity contribution in [3.63, 3.8) is 0 Å². The van der Waals surface area contributed by atoms with Gasteiger partial charge in [-0.1, -0.05) is 12.1 Å². The fraction of sp³-hybridized carbons (Fsp3) is 0.263. The molecule has 26 heavy (non-hydrogen) atoms. The lowest BCUT2D eigenvalue weighted by Gasteiger charge is -2.25. The Bertz CT molecular complexity index is 1020. The minimum atomic E-state index is -3.84. The van der Waals surface area contributed by atoms with Gasteiger partial charge >= 0.3 is 0 Å². The van der Waals surface area contributed by atoms with Gasteiger partial charge in [0, 0.05) is 36.3 Å². The number of nitrogens with one attached hydrogen (secondary N) is 1. The lowest BCUT2D eigenvalue weighted by molar-refractivity contribution is 0.0743. The Balaban J connectivity index is 1.78. The maximum atomic E-state index is 13.0. The molecule has 1 unspecified atom stereocenters. The van der Waals surface area contributed by atoms with Crippen molar-refractivity contribution in [1.29, 1.82) is 0 Å². The summed E-state index contributed by atoms with van der Waals surface area (Å²) in [6.07, 6.45) is 0.858. The number of likely N-dealkylation sites (N-methyl/N-ethyl adjacent to an activating group) is 1. The number of carbonyl (C=O) groups excluding carboxylic acids is 2. The molecule has 0 aliphatic carbocycles. The molecule has 6 nitrogen and oxygen atoms in total. The minimum Gasteiger partial charge on any atom is -0.337 e. The third-order valence-corrected chi connectivity index (χ3v) is 6.94. The number of amides is 1. The van der Waals surface area contributed by atoms with Crippen LogP contribution in [0, 0.1) is 0 Å². The van der Waals surface area contributed by atoms with Crippen molar-refractivity contribution in [2.45, 2.75) is 22.3 Å². The minimum absolute atomic E-state index is 0.00422. The highest BCUT2D eigenvalue weighted by Gasteiger charge is 2.35. The molecule has 2 aliphatic rings. The van der Waals surface area contributed by atoms with Gasteiger partial charge in [0.1, 0.15) is 0 Å². The number of hydrogen-bond acceptors (Lipinski definition) is 5. The number of ketones is 1. The van der Waals surface area contributed by atoms with Crippen LogP contribution in [-0.2, 0) is 9.84 Å². The normalized spacial score (nSPS) is 20.3. The molecule has 7 heteroatoms. The highest BCUT2D eigenvalue weighted by Crippen LogP contribution is 2.35. The van der Waals surface area contributed by atoms with Crippen LogP contribution in [0.25, 0.3) is 0 Å². The highest BCUT2D eigenvalue weighted by atomic mass is 32.2. The molecule has 2 aliphatic heterocycles. The van der Waals surface area contributed by atoms with Crippen LogP contribution < -0.4 is 5.32 Å².